The van der Waals surface area contributed by atoms with Gasteiger partial charge in [-0.1, -0.05) is 11.3 Å². The van der Waals surface area contributed by atoms with Gasteiger partial charge < -0.3 is 14.2 Å². The van der Waals surface area contributed by atoms with E-state index in [-0.39, 0.29) is 5.52 Å². The summed E-state index contributed by atoms with van der Waals surface area (Å²) in [5.74, 6) is -1.80. The first kappa shape index (κ1) is 20.2. The number of fused-ring (bicyclic) bond motifs is 1. The predicted molar refractivity (Wildman–Crippen MR) is 107 cm³/mol. The predicted octanol–water partition coefficient (Wildman–Crippen LogP) is 3.82. The molecule has 1 amide bonds. The van der Waals surface area contributed by atoms with Gasteiger partial charge in [0.2, 0.25) is 0 Å². The van der Waals surface area contributed by atoms with Crippen molar-refractivity contribution < 1.29 is 18.3 Å². The Balaban J connectivity index is 2.05. The molecule has 0 aliphatic rings. The van der Waals surface area contributed by atoms with E-state index >= 15 is 0 Å². The van der Waals surface area contributed by atoms with Crippen LogP contribution in [0.5, 0.6) is 0 Å². The maximum absolute atomic E-state index is 14.4. The highest BCUT2D eigenvalue weighted by Crippen LogP contribution is 2.22. The van der Waals surface area contributed by atoms with Crippen LogP contribution in [0.4, 0.5) is 14.5 Å². The van der Waals surface area contributed by atoms with Crippen molar-refractivity contribution in [3.05, 3.63) is 58.4 Å². The number of hydrogen-bond donors (Lipinski definition) is 0. The van der Waals surface area contributed by atoms with Gasteiger partial charge in [0.05, 0.1) is 16.8 Å². The average Bonchev–Trinajstić information content (AvgIpc) is 2.99. The van der Waals surface area contributed by atoms with Crippen molar-refractivity contribution >= 4 is 33.1 Å². The van der Waals surface area contributed by atoms with Gasteiger partial charge in [0.25, 0.3) is 5.91 Å². The van der Waals surface area contributed by atoms with Crippen LogP contribution >= 0.6 is 11.3 Å². The van der Waals surface area contributed by atoms with E-state index in [1.165, 1.54) is 6.07 Å². The molecule has 0 fully saturated rings. The second-order valence-electron chi connectivity index (χ2n) is 6.33. The highest BCUT2D eigenvalue weighted by molar-refractivity contribution is 7.16. The van der Waals surface area contributed by atoms with Crippen molar-refractivity contribution in [2.24, 2.45) is 4.99 Å². The number of halogens is 2. The summed E-state index contributed by atoms with van der Waals surface area (Å²) in [6, 6.07) is 9.11. The first-order valence-electron chi connectivity index (χ1n) is 8.83. The normalized spacial score (nSPS) is 12.0. The quantitative estimate of drug-likeness (QED) is 0.586. The molecule has 0 N–H and O–H groups in total. The van der Waals surface area contributed by atoms with Crippen LogP contribution in [0.3, 0.4) is 0 Å². The molecule has 0 aliphatic heterocycles. The fourth-order valence-corrected chi connectivity index (χ4v) is 3.87. The molecule has 3 aromatic rings. The summed E-state index contributed by atoms with van der Waals surface area (Å²) in [5, 5.41) is 0. The van der Waals surface area contributed by atoms with Crippen molar-refractivity contribution in [2.45, 2.75) is 13.5 Å². The molecule has 2 aromatic carbocycles. The first-order valence-corrected chi connectivity index (χ1v) is 9.65. The van der Waals surface area contributed by atoms with Crippen molar-refractivity contribution in [3.8, 4) is 0 Å². The smallest absolute Gasteiger partial charge is 0.279 e. The second-order valence-corrected chi connectivity index (χ2v) is 7.33. The van der Waals surface area contributed by atoms with Gasteiger partial charge in [0.1, 0.15) is 5.82 Å². The fourth-order valence-electron chi connectivity index (χ4n) is 2.78. The molecule has 1 aromatic heterocycles. The van der Waals surface area contributed by atoms with Crippen LogP contribution in [0.25, 0.3) is 10.2 Å². The summed E-state index contributed by atoms with van der Waals surface area (Å²) in [4.78, 5) is 19.0. The molecule has 148 valence electrons. The SMILES string of the molecule is CCOCCn1c(=NC(=O)c2ccc(N(C)C)cc2)sc2cc(F)cc(F)c21. The molecule has 0 bridgehead atoms. The zero-order chi connectivity index (χ0) is 20.3. The summed E-state index contributed by atoms with van der Waals surface area (Å²) >= 11 is 1.07. The molecule has 5 nitrogen and oxygen atoms in total. The van der Waals surface area contributed by atoms with Gasteiger partial charge in [-0.2, -0.15) is 4.99 Å². The maximum atomic E-state index is 14.4. The number of benzene rings is 2. The van der Waals surface area contributed by atoms with Gasteiger partial charge in [0, 0.05) is 44.6 Å². The Bertz CT molecular complexity index is 1060. The molecule has 28 heavy (non-hydrogen) atoms. The second kappa shape index (κ2) is 8.62. The Labute approximate surface area is 165 Å². The third-order valence-corrected chi connectivity index (χ3v) is 5.21. The van der Waals surface area contributed by atoms with Gasteiger partial charge in [-0.25, -0.2) is 8.78 Å². The zero-order valence-corrected chi connectivity index (χ0v) is 16.7. The largest absolute Gasteiger partial charge is 0.380 e. The summed E-state index contributed by atoms with van der Waals surface area (Å²) in [7, 11) is 3.82. The van der Waals surface area contributed by atoms with E-state index in [0.717, 1.165) is 23.1 Å². The molecule has 0 saturated heterocycles. The third kappa shape index (κ3) is 4.28. The Morgan fingerprint density at radius 2 is 1.93 bits per heavy atom. The van der Waals surface area contributed by atoms with Crippen LogP contribution in [-0.2, 0) is 11.3 Å². The molecule has 0 spiro atoms. The van der Waals surface area contributed by atoms with Crippen LogP contribution in [0.15, 0.2) is 41.4 Å². The van der Waals surface area contributed by atoms with Crippen molar-refractivity contribution in [2.75, 3.05) is 32.2 Å². The maximum Gasteiger partial charge on any atom is 0.279 e. The van der Waals surface area contributed by atoms with Crippen LogP contribution in [-0.4, -0.2) is 37.8 Å². The highest BCUT2D eigenvalue weighted by Gasteiger charge is 2.14. The monoisotopic (exact) mass is 405 g/mol. The molecule has 0 radical (unpaired) electrons. The number of carbonyl (C=O) groups is 1. The lowest BCUT2D eigenvalue weighted by Crippen LogP contribution is -2.20. The van der Waals surface area contributed by atoms with Gasteiger partial charge in [-0.15, -0.1) is 0 Å². The summed E-state index contributed by atoms with van der Waals surface area (Å²) < 4.78 is 35.3. The van der Waals surface area contributed by atoms with Crippen molar-refractivity contribution in [3.63, 3.8) is 0 Å². The van der Waals surface area contributed by atoms with Gasteiger partial charge >= 0.3 is 0 Å². The molecule has 8 heteroatoms. The Morgan fingerprint density at radius 1 is 1.21 bits per heavy atom. The summed E-state index contributed by atoms with van der Waals surface area (Å²) in [6.45, 7) is 3.02. The van der Waals surface area contributed by atoms with Crippen LogP contribution < -0.4 is 9.70 Å². The lowest BCUT2D eigenvalue weighted by molar-refractivity contribution is 0.0996. The summed E-state index contributed by atoms with van der Waals surface area (Å²) in [6.07, 6.45) is 0. The molecule has 0 atom stereocenters. The number of hydrogen-bond acceptors (Lipinski definition) is 4. The van der Waals surface area contributed by atoms with Crippen LogP contribution in [0, 0.1) is 11.6 Å². The molecule has 3 rings (SSSR count). The summed E-state index contributed by atoms with van der Waals surface area (Å²) in [5.41, 5.74) is 1.61. The molecule has 0 unspecified atom stereocenters. The van der Waals surface area contributed by atoms with Crippen LogP contribution in [0.1, 0.15) is 17.3 Å². The third-order valence-electron chi connectivity index (χ3n) is 4.19. The minimum Gasteiger partial charge on any atom is -0.380 e. The van der Waals surface area contributed by atoms with E-state index in [2.05, 4.69) is 4.99 Å². The number of thiazole rings is 1. The lowest BCUT2D eigenvalue weighted by Gasteiger charge is -2.11. The lowest BCUT2D eigenvalue weighted by atomic mass is 10.2. The zero-order valence-electron chi connectivity index (χ0n) is 15.9. The number of amides is 1. The number of aromatic nitrogens is 1. The number of rotatable bonds is 6. The molecule has 1 heterocycles. The van der Waals surface area contributed by atoms with Gasteiger partial charge in [0.15, 0.2) is 10.6 Å². The topological polar surface area (TPSA) is 46.8 Å². The number of ether oxygens (including phenoxy) is 1. The number of anilines is 1. The minimum absolute atomic E-state index is 0.223. The minimum atomic E-state index is -0.688. The Hall–Kier alpha value is -2.58. The fraction of sp³-hybridized carbons (Fsp3) is 0.300. The van der Waals surface area contributed by atoms with E-state index in [9.17, 15) is 13.6 Å². The standard InChI is InChI=1S/C20H21F2N3O2S/c1-4-27-10-9-25-18-16(22)11-14(21)12-17(18)28-20(25)23-19(26)13-5-7-15(8-6-13)24(2)3/h5-8,11-12H,4,9-10H2,1-3H3. The molecular weight excluding hydrogens is 384 g/mol. The molecule has 0 aliphatic carbocycles. The number of carbonyl (C=O) groups excluding carboxylic acids is 1. The molecular formula is C20H21F2N3O2S. The number of nitrogens with zero attached hydrogens (tertiary/aromatic N) is 3. The van der Waals surface area contributed by atoms with E-state index < -0.39 is 17.5 Å². The molecule has 0 saturated carbocycles. The van der Waals surface area contributed by atoms with E-state index in [0.29, 0.717) is 34.8 Å². The highest BCUT2D eigenvalue weighted by atomic mass is 32.1. The van der Waals surface area contributed by atoms with Crippen molar-refractivity contribution in [1.29, 1.82) is 0 Å². The van der Waals surface area contributed by atoms with E-state index in [1.807, 2.05) is 38.1 Å². The van der Waals surface area contributed by atoms with Gasteiger partial charge in [-0.3, -0.25) is 4.79 Å². The van der Waals surface area contributed by atoms with Crippen LogP contribution in [0.2, 0.25) is 0 Å². The Morgan fingerprint density at radius 3 is 2.57 bits per heavy atom. The van der Waals surface area contributed by atoms with E-state index in [4.69, 9.17) is 4.74 Å². The van der Waals surface area contributed by atoms with E-state index in [1.54, 1.807) is 16.7 Å². The van der Waals surface area contributed by atoms with Gasteiger partial charge in [-0.05, 0) is 37.3 Å². The first-order chi connectivity index (χ1) is 13.4. The average molecular weight is 405 g/mol. The Kier molecular flexibility index (Phi) is 6.21. The van der Waals surface area contributed by atoms with Crippen molar-refractivity contribution in [1.82, 2.24) is 4.57 Å².